The number of Topliss-reactive ketones (excluding diaryl/α,β-unsaturated/α-hetero) is 1. The minimum atomic E-state index is -0.865. The molecule has 0 aromatic heterocycles. The van der Waals surface area contributed by atoms with Gasteiger partial charge in [0.05, 0.1) is 17.7 Å². The predicted octanol–water partition coefficient (Wildman–Crippen LogP) is 3.73. The van der Waals surface area contributed by atoms with Gasteiger partial charge in [0.15, 0.2) is 0 Å². The number of rotatable bonds is 4. The van der Waals surface area contributed by atoms with Gasteiger partial charge in [-0.15, -0.1) is 0 Å². The number of amides is 1. The van der Waals surface area contributed by atoms with Crippen LogP contribution in [0.15, 0.2) is 54.1 Å². The lowest BCUT2D eigenvalue weighted by Crippen LogP contribution is -2.36. The number of benzene rings is 2. The van der Waals surface area contributed by atoms with Crippen LogP contribution in [0.1, 0.15) is 35.6 Å². The molecule has 2 atom stereocenters. The average molecular weight is 395 g/mol. The molecule has 0 aliphatic carbocycles. The number of ether oxygens (including phenoxy) is 1. The molecule has 1 N–H and O–H groups in total. The molecule has 0 saturated carbocycles. The minimum Gasteiger partial charge on any atom is -0.507 e. The van der Waals surface area contributed by atoms with Crippen molar-refractivity contribution in [1.82, 2.24) is 4.90 Å². The van der Waals surface area contributed by atoms with E-state index in [0.717, 1.165) is 18.4 Å². The summed E-state index contributed by atoms with van der Waals surface area (Å²) in [5.74, 6) is -2.20. The summed E-state index contributed by atoms with van der Waals surface area (Å²) in [6.45, 7) is 2.75. The highest BCUT2D eigenvalue weighted by Crippen LogP contribution is 2.40. The Morgan fingerprint density at radius 2 is 1.97 bits per heavy atom. The van der Waals surface area contributed by atoms with E-state index in [1.54, 1.807) is 18.2 Å². The summed E-state index contributed by atoms with van der Waals surface area (Å²) in [7, 11) is 0. The van der Waals surface area contributed by atoms with Crippen LogP contribution in [0.2, 0.25) is 0 Å². The number of ketones is 1. The first-order chi connectivity index (χ1) is 14.0. The van der Waals surface area contributed by atoms with Gasteiger partial charge in [-0.1, -0.05) is 42.0 Å². The van der Waals surface area contributed by atoms with Gasteiger partial charge in [0.25, 0.3) is 11.7 Å². The highest BCUT2D eigenvalue weighted by atomic mass is 19.1. The van der Waals surface area contributed by atoms with Crippen molar-refractivity contribution in [3.05, 3.63) is 76.6 Å². The first-order valence-corrected chi connectivity index (χ1v) is 9.68. The average Bonchev–Trinajstić information content (AvgIpc) is 3.30. The molecule has 150 valence electrons. The van der Waals surface area contributed by atoms with E-state index < -0.39 is 23.5 Å². The second-order valence-electron chi connectivity index (χ2n) is 7.51. The van der Waals surface area contributed by atoms with Crippen molar-refractivity contribution in [2.45, 2.75) is 31.9 Å². The van der Waals surface area contributed by atoms with Gasteiger partial charge in [0.2, 0.25) is 0 Å². The molecule has 29 heavy (non-hydrogen) atoms. The van der Waals surface area contributed by atoms with E-state index in [4.69, 9.17) is 4.74 Å². The number of aryl methyl sites for hydroxylation is 1. The molecular weight excluding hydrogens is 373 g/mol. The fourth-order valence-corrected chi connectivity index (χ4v) is 3.97. The maximum Gasteiger partial charge on any atom is 0.295 e. The third kappa shape index (κ3) is 3.68. The topological polar surface area (TPSA) is 66.8 Å². The summed E-state index contributed by atoms with van der Waals surface area (Å²) in [6.07, 6.45) is 1.50. The normalized spacial score (nSPS) is 23.7. The number of hydrogen-bond acceptors (Lipinski definition) is 4. The third-order valence-electron chi connectivity index (χ3n) is 5.45. The highest BCUT2D eigenvalue weighted by Gasteiger charge is 2.47. The Bertz CT molecular complexity index is 977. The van der Waals surface area contributed by atoms with Crippen molar-refractivity contribution in [3.8, 4) is 0 Å². The zero-order valence-corrected chi connectivity index (χ0v) is 16.1. The maximum atomic E-state index is 14.0. The lowest BCUT2D eigenvalue weighted by molar-refractivity contribution is -0.140. The lowest BCUT2D eigenvalue weighted by atomic mass is 9.95. The molecule has 2 aliphatic rings. The van der Waals surface area contributed by atoms with E-state index in [1.165, 1.54) is 23.1 Å². The molecule has 1 amide bonds. The zero-order chi connectivity index (χ0) is 20.5. The number of halogens is 1. The molecule has 4 rings (SSSR count). The zero-order valence-electron chi connectivity index (χ0n) is 16.1. The van der Waals surface area contributed by atoms with Crippen LogP contribution in [0.25, 0.3) is 5.76 Å². The Labute approximate surface area is 168 Å². The standard InChI is InChI=1S/C23H22FNO4/c1-14-7-9-15(10-8-14)21(26)19-20(16-4-2-5-17(24)12-16)25(23(28)22(19)27)13-18-6-3-11-29-18/h2,4-5,7-10,12,18,20,26H,3,6,11,13H2,1H3/t18-,20-/m1/s1. The van der Waals surface area contributed by atoms with Gasteiger partial charge in [0.1, 0.15) is 11.6 Å². The van der Waals surface area contributed by atoms with Crippen molar-refractivity contribution >= 4 is 17.4 Å². The Morgan fingerprint density at radius 1 is 1.21 bits per heavy atom. The highest BCUT2D eigenvalue weighted by molar-refractivity contribution is 6.46. The number of aliphatic hydroxyl groups is 1. The first-order valence-electron chi connectivity index (χ1n) is 9.68. The molecule has 0 radical (unpaired) electrons. The van der Waals surface area contributed by atoms with Crippen molar-refractivity contribution in [1.29, 1.82) is 0 Å². The smallest absolute Gasteiger partial charge is 0.295 e. The van der Waals surface area contributed by atoms with Crippen LogP contribution in [-0.4, -0.2) is 41.0 Å². The van der Waals surface area contributed by atoms with Crippen LogP contribution in [0, 0.1) is 12.7 Å². The van der Waals surface area contributed by atoms with Gasteiger partial charge in [0, 0.05) is 18.7 Å². The summed E-state index contributed by atoms with van der Waals surface area (Å²) in [6, 6.07) is 11.9. The SMILES string of the molecule is Cc1ccc(C(O)=C2C(=O)C(=O)N(C[C@H]3CCCO3)[C@@H]2c2cccc(F)c2)cc1. The number of carbonyl (C=O) groups is 2. The molecular formula is C23H22FNO4. The van der Waals surface area contributed by atoms with E-state index in [9.17, 15) is 19.1 Å². The van der Waals surface area contributed by atoms with Crippen LogP contribution in [0.4, 0.5) is 4.39 Å². The van der Waals surface area contributed by atoms with Gasteiger partial charge >= 0.3 is 0 Å². The Hall–Kier alpha value is -2.99. The van der Waals surface area contributed by atoms with E-state index in [1.807, 2.05) is 19.1 Å². The number of nitrogens with zero attached hydrogens (tertiary/aromatic N) is 1. The van der Waals surface area contributed by atoms with Crippen molar-refractivity contribution in [2.75, 3.05) is 13.2 Å². The molecule has 2 aromatic rings. The van der Waals surface area contributed by atoms with E-state index in [2.05, 4.69) is 0 Å². The third-order valence-corrected chi connectivity index (χ3v) is 5.45. The van der Waals surface area contributed by atoms with E-state index in [-0.39, 0.29) is 24.0 Å². The number of likely N-dealkylation sites (tertiary alicyclic amines) is 1. The second kappa shape index (κ2) is 7.79. The molecule has 5 nitrogen and oxygen atoms in total. The molecule has 2 aliphatic heterocycles. The van der Waals surface area contributed by atoms with Gasteiger partial charge in [-0.2, -0.15) is 0 Å². The Morgan fingerprint density at radius 3 is 2.62 bits per heavy atom. The van der Waals surface area contributed by atoms with Crippen molar-refractivity contribution in [2.24, 2.45) is 0 Å². The van der Waals surface area contributed by atoms with E-state index >= 15 is 0 Å². The quantitative estimate of drug-likeness (QED) is 0.487. The monoisotopic (exact) mass is 395 g/mol. The predicted molar refractivity (Wildman–Crippen MR) is 106 cm³/mol. The fourth-order valence-electron chi connectivity index (χ4n) is 3.97. The number of carbonyl (C=O) groups excluding carboxylic acids is 2. The largest absolute Gasteiger partial charge is 0.507 e. The first kappa shape index (κ1) is 19.3. The van der Waals surface area contributed by atoms with Gasteiger partial charge in [-0.25, -0.2) is 4.39 Å². The molecule has 2 heterocycles. The van der Waals surface area contributed by atoms with Crippen LogP contribution in [-0.2, 0) is 14.3 Å². The Balaban J connectivity index is 1.83. The van der Waals surface area contributed by atoms with Crippen molar-refractivity contribution < 1.29 is 23.8 Å². The van der Waals surface area contributed by atoms with Crippen LogP contribution in [0.3, 0.4) is 0 Å². The van der Waals surface area contributed by atoms with Crippen LogP contribution >= 0.6 is 0 Å². The second-order valence-corrected chi connectivity index (χ2v) is 7.51. The Kier molecular flexibility index (Phi) is 5.20. The minimum absolute atomic E-state index is 0.0255. The van der Waals surface area contributed by atoms with Crippen molar-refractivity contribution in [3.63, 3.8) is 0 Å². The van der Waals surface area contributed by atoms with Gasteiger partial charge < -0.3 is 14.7 Å². The molecule has 2 saturated heterocycles. The maximum absolute atomic E-state index is 14.0. The summed E-state index contributed by atoms with van der Waals surface area (Å²) in [4.78, 5) is 27.1. The number of hydrogen-bond donors (Lipinski definition) is 1. The molecule has 2 aromatic carbocycles. The summed E-state index contributed by atoms with van der Waals surface area (Å²) in [5, 5.41) is 10.9. The fraction of sp³-hybridized carbons (Fsp3) is 0.304. The van der Waals surface area contributed by atoms with Gasteiger partial charge in [-0.05, 0) is 37.5 Å². The molecule has 0 spiro atoms. The summed E-state index contributed by atoms with van der Waals surface area (Å²) in [5.41, 5.74) is 1.85. The summed E-state index contributed by atoms with van der Waals surface area (Å²) >= 11 is 0. The molecule has 2 fully saturated rings. The van der Waals surface area contributed by atoms with Crippen LogP contribution in [0.5, 0.6) is 0 Å². The number of aliphatic hydroxyl groups excluding tert-OH is 1. The summed E-state index contributed by atoms with van der Waals surface area (Å²) < 4.78 is 19.6. The lowest BCUT2D eigenvalue weighted by Gasteiger charge is -2.27. The van der Waals surface area contributed by atoms with E-state index in [0.29, 0.717) is 17.7 Å². The van der Waals surface area contributed by atoms with Gasteiger partial charge in [-0.3, -0.25) is 9.59 Å². The molecule has 0 unspecified atom stereocenters. The molecule has 6 heteroatoms. The van der Waals surface area contributed by atoms with Crippen LogP contribution < -0.4 is 0 Å². The molecule has 0 bridgehead atoms.